The van der Waals surface area contributed by atoms with Gasteiger partial charge in [0.15, 0.2) is 0 Å². The maximum Gasteiger partial charge on any atom is 0.131 e. The van der Waals surface area contributed by atoms with Crippen molar-refractivity contribution in [3.05, 3.63) is 59.2 Å². The minimum Gasteiger partial charge on any atom is -0.457 e. The van der Waals surface area contributed by atoms with Crippen LogP contribution in [0.4, 0.5) is 0 Å². The van der Waals surface area contributed by atoms with E-state index in [4.69, 9.17) is 4.74 Å². The molecule has 2 rings (SSSR count). The molecule has 1 N–H and O–H groups in total. The first-order valence-corrected chi connectivity index (χ1v) is 7.24. The van der Waals surface area contributed by atoms with E-state index in [-0.39, 0.29) is 0 Å². The van der Waals surface area contributed by atoms with E-state index in [1.165, 1.54) is 11.1 Å². The first-order valence-electron chi connectivity index (χ1n) is 7.24. The molecule has 106 valence electrons. The van der Waals surface area contributed by atoms with Gasteiger partial charge in [-0.25, -0.2) is 0 Å². The van der Waals surface area contributed by atoms with Crippen LogP contribution in [0.5, 0.6) is 11.5 Å². The van der Waals surface area contributed by atoms with Crippen LogP contribution in [0.3, 0.4) is 0 Å². The molecular weight excluding hydrogens is 246 g/mol. The molecule has 0 saturated carbocycles. The second-order valence-electron chi connectivity index (χ2n) is 5.16. The monoisotopic (exact) mass is 269 g/mol. The molecule has 0 aromatic heterocycles. The van der Waals surface area contributed by atoms with E-state index >= 15 is 0 Å². The number of hydrogen-bond acceptors (Lipinski definition) is 2. The van der Waals surface area contributed by atoms with Crippen LogP contribution in [-0.4, -0.2) is 6.54 Å². The van der Waals surface area contributed by atoms with Crippen LogP contribution in [0.1, 0.15) is 30.0 Å². The highest BCUT2D eigenvalue weighted by molar-refractivity contribution is 5.42. The van der Waals surface area contributed by atoms with Crippen molar-refractivity contribution >= 4 is 0 Å². The lowest BCUT2D eigenvalue weighted by atomic mass is 10.1. The number of rotatable bonds is 6. The van der Waals surface area contributed by atoms with E-state index in [1.807, 2.05) is 12.1 Å². The van der Waals surface area contributed by atoms with Crippen molar-refractivity contribution in [2.75, 3.05) is 6.54 Å². The maximum absolute atomic E-state index is 6.11. The highest BCUT2D eigenvalue weighted by Gasteiger charge is 2.06. The van der Waals surface area contributed by atoms with E-state index in [0.29, 0.717) is 0 Å². The summed E-state index contributed by atoms with van der Waals surface area (Å²) in [6, 6.07) is 14.5. The molecule has 0 bridgehead atoms. The van der Waals surface area contributed by atoms with Gasteiger partial charge in [0.05, 0.1) is 0 Å². The van der Waals surface area contributed by atoms with Gasteiger partial charge < -0.3 is 10.1 Å². The van der Waals surface area contributed by atoms with Crippen LogP contribution < -0.4 is 10.1 Å². The number of benzene rings is 2. The van der Waals surface area contributed by atoms with Crippen LogP contribution in [0, 0.1) is 13.8 Å². The smallest absolute Gasteiger partial charge is 0.131 e. The van der Waals surface area contributed by atoms with Gasteiger partial charge in [0.1, 0.15) is 11.5 Å². The second kappa shape index (κ2) is 7.11. The van der Waals surface area contributed by atoms with E-state index in [0.717, 1.165) is 36.6 Å². The van der Waals surface area contributed by atoms with E-state index < -0.39 is 0 Å². The number of hydrogen-bond donors (Lipinski definition) is 1. The van der Waals surface area contributed by atoms with Gasteiger partial charge in [0.25, 0.3) is 0 Å². The molecule has 0 aliphatic rings. The van der Waals surface area contributed by atoms with Gasteiger partial charge in [-0.2, -0.15) is 0 Å². The fraction of sp³-hybridized carbons (Fsp3) is 0.333. The van der Waals surface area contributed by atoms with Crippen molar-refractivity contribution in [3.8, 4) is 11.5 Å². The van der Waals surface area contributed by atoms with Crippen LogP contribution in [0.2, 0.25) is 0 Å². The summed E-state index contributed by atoms with van der Waals surface area (Å²) < 4.78 is 6.11. The van der Waals surface area contributed by atoms with Crippen LogP contribution in [-0.2, 0) is 6.54 Å². The van der Waals surface area contributed by atoms with Gasteiger partial charge in [-0.05, 0) is 50.1 Å². The molecule has 20 heavy (non-hydrogen) atoms. The Morgan fingerprint density at radius 2 is 1.80 bits per heavy atom. The molecule has 0 aliphatic heterocycles. The minimum atomic E-state index is 0.842. The molecule has 0 fully saturated rings. The highest BCUT2D eigenvalue weighted by atomic mass is 16.5. The maximum atomic E-state index is 6.11. The average molecular weight is 269 g/mol. The third-order valence-corrected chi connectivity index (χ3v) is 3.28. The summed E-state index contributed by atoms with van der Waals surface area (Å²) >= 11 is 0. The van der Waals surface area contributed by atoms with Gasteiger partial charge in [-0.3, -0.25) is 0 Å². The summed E-state index contributed by atoms with van der Waals surface area (Å²) in [5.74, 6) is 1.87. The van der Waals surface area contributed by atoms with E-state index in [1.54, 1.807) is 0 Å². The topological polar surface area (TPSA) is 21.3 Å². The summed E-state index contributed by atoms with van der Waals surface area (Å²) in [5.41, 5.74) is 3.57. The predicted molar refractivity (Wildman–Crippen MR) is 84.4 cm³/mol. The summed E-state index contributed by atoms with van der Waals surface area (Å²) in [5, 5.41) is 3.42. The van der Waals surface area contributed by atoms with Gasteiger partial charge in [0.2, 0.25) is 0 Å². The van der Waals surface area contributed by atoms with Gasteiger partial charge in [0, 0.05) is 12.1 Å². The van der Waals surface area contributed by atoms with Crippen LogP contribution in [0.25, 0.3) is 0 Å². The molecular formula is C18H23NO. The molecule has 0 heterocycles. The number of nitrogens with one attached hydrogen (secondary N) is 1. The molecule has 0 amide bonds. The quantitative estimate of drug-likeness (QED) is 0.774. The van der Waals surface area contributed by atoms with Crippen molar-refractivity contribution in [1.29, 1.82) is 0 Å². The van der Waals surface area contributed by atoms with E-state index in [9.17, 15) is 0 Å². The molecule has 0 saturated heterocycles. The molecule has 0 atom stereocenters. The van der Waals surface area contributed by atoms with Gasteiger partial charge in [-0.15, -0.1) is 0 Å². The van der Waals surface area contributed by atoms with Crippen LogP contribution in [0.15, 0.2) is 42.5 Å². The van der Waals surface area contributed by atoms with Gasteiger partial charge >= 0.3 is 0 Å². The molecule has 0 unspecified atom stereocenters. The Bertz CT molecular complexity index is 563. The molecule has 0 radical (unpaired) electrons. The Hall–Kier alpha value is -1.80. The SMILES string of the molecule is CCCNCc1ccccc1Oc1cc(C)ccc1C. The Labute approximate surface area is 121 Å². The Balaban J connectivity index is 2.18. The van der Waals surface area contributed by atoms with E-state index in [2.05, 4.69) is 56.4 Å². The molecule has 0 aliphatic carbocycles. The minimum absolute atomic E-state index is 0.842. The summed E-state index contributed by atoms with van der Waals surface area (Å²) in [6.45, 7) is 8.20. The second-order valence-corrected chi connectivity index (χ2v) is 5.16. The fourth-order valence-corrected chi connectivity index (χ4v) is 2.09. The summed E-state index contributed by atoms with van der Waals surface area (Å²) in [4.78, 5) is 0. The zero-order valence-electron chi connectivity index (χ0n) is 12.6. The lowest BCUT2D eigenvalue weighted by molar-refractivity contribution is 0.469. The lowest BCUT2D eigenvalue weighted by Crippen LogP contribution is -2.14. The third kappa shape index (κ3) is 3.84. The number of para-hydroxylation sites is 1. The van der Waals surface area contributed by atoms with Crippen molar-refractivity contribution < 1.29 is 4.74 Å². The summed E-state index contributed by atoms with van der Waals surface area (Å²) in [6.07, 6.45) is 1.14. The lowest BCUT2D eigenvalue weighted by Gasteiger charge is -2.14. The Kier molecular flexibility index (Phi) is 5.19. The van der Waals surface area contributed by atoms with Crippen molar-refractivity contribution in [2.45, 2.75) is 33.7 Å². The van der Waals surface area contributed by atoms with Crippen molar-refractivity contribution in [3.63, 3.8) is 0 Å². The zero-order valence-corrected chi connectivity index (χ0v) is 12.6. The number of aryl methyl sites for hydroxylation is 2. The number of ether oxygens (including phenoxy) is 1. The average Bonchev–Trinajstić information content (AvgIpc) is 2.45. The predicted octanol–water partition coefficient (Wildman–Crippen LogP) is 4.60. The molecule has 2 aromatic rings. The standard InChI is InChI=1S/C18H23NO/c1-4-11-19-13-16-7-5-6-8-17(16)20-18-12-14(2)9-10-15(18)3/h5-10,12,19H,4,11,13H2,1-3H3. The Morgan fingerprint density at radius 3 is 2.60 bits per heavy atom. The molecule has 0 spiro atoms. The first kappa shape index (κ1) is 14.6. The molecule has 2 heteroatoms. The normalized spacial score (nSPS) is 10.6. The zero-order chi connectivity index (χ0) is 14.4. The highest BCUT2D eigenvalue weighted by Crippen LogP contribution is 2.28. The Morgan fingerprint density at radius 1 is 1.00 bits per heavy atom. The molecule has 2 nitrogen and oxygen atoms in total. The fourth-order valence-electron chi connectivity index (χ4n) is 2.09. The van der Waals surface area contributed by atoms with Gasteiger partial charge in [-0.1, -0.05) is 37.3 Å². The van der Waals surface area contributed by atoms with Crippen LogP contribution >= 0.6 is 0 Å². The molecule has 2 aromatic carbocycles. The third-order valence-electron chi connectivity index (χ3n) is 3.28. The largest absolute Gasteiger partial charge is 0.457 e. The van der Waals surface area contributed by atoms with Crippen molar-refractivity contribution in [2.24, 2.45) is 0 Å². The van der Waals surface area contributed by atoms with Crippen molar-refractivity contribution in [1.82, 2.24) is 5.32 Å². The summed E-state index contributed by atoms with van der Waals surface area (Å²) in [7, 11) is 0. The first-order chi connectivity index (χ1) is 9.70.